The van der Waals surface area contributed by atoms with E-state index in [1.807, 2.05) is 70.4 Å². The molecule has 1 amide bonds. The number of nitrogens with one attached hydrogen (secondary N) is 1. The molecule has 158 valence electrons. The molecule has 0 radical (unpaired) electrons. The van der Waals surface area contributed by atoms with Gasteiger partial charge < -0.3 is 19.5 Å². The Kier molecular flexibility index (Phi) is 6.90. The molecule has 3 rings (SSSR count). The van der Waals surface area contributed by atoms with E-state index in [4.69, 9.17) is 4.74 Å². The third-order valence-electron chi connectivity index (χ3n) is 5.42. The normalized spacial score (nSPS) is 12.1. The number of nitrogens with zero attached hydrogens (tertiary/aromatic N) is 3. The van der Waals surface area contributed by atoms with Gasteiger partial charge in [0, 0.05) is 24.1 Å². The maximum atomic E-state index is 13.0. The van der Waals surface area contributed by atoms with Crippen molar-refractivity contribution in [1.29, 1.82) is 0 Å². The van der Waals surface area contributed by atoms with Crippen LogP contribution < -0.4 is 10.1 Å². The smallest absolute Gasteiger partial charge is 0.253 e. The number of amides is 1. The predicted molar refractivity (Wildman–Crippen MR) is 119 cm³/mol. The Hall–Kier alpha value is -3.12. The standard InChI is InChI=1S/C24H30N4O2/c1-17-13-22(18(2)28(17)16-20-10-6-7-12-25-20)24(29)26-15-23(27(3)4)19-9-8-11-21(14-19)30-5/h6-14,23H,15-16H2,1-5H3,(H,26,29). The second-order valence-electron chi connectivity index (χ2n) is 7.66. The van der Waals surface area contributed by atoms with Gasteiger partial charge in [-0.25, -0.2) is 0 Å². The largest absolute Gasteiger partial charge is 0.497 e. The molecule has 0 saturated heterocycles. The second-order valence-corrected chi connectivity index (χ2v) is 7.66. The van der Waals surface area contributed by atoms with Crippen LogP contribution in [0.25, 0.3) is 0 Å². The van der Waals surface area contributed by atoms with Crippen LogP contribution in [-0.2, 0) is 6.54 Å². The monoisotopic (exact) mass is 406 g/mol. The third kappa shape index (κ3) is 4.89. The molecule has 0 aliphatic rings. The van der Waals surface area contributed by atoms with Crippen molar-refractivity contribution in [2.24, 2.45) is 0 Å². The summed E-state index contributed by atoms with van der Waals surface area (Å²) in [5.41, 5.74) is 4.75. The average Bonchev–Trinajstić information content (AvgIpc) is 3.03. The molecule has 6 nitrogen and oxygen atoms in total. The lowest BCUT2D eigenvalue weighted by atomic mass is 10.1. The molecule has 1 N–H and O–H groups in total. The van der Waals surface area contributed by atoms with Gasteiger partial charge in [-0.05, 0) is 63.8 Å². The van der Waals surface area contributed by atoms with Gasteiger partial charge in [-0.1, -0.05) is 18.2 Å². The van der Waals surface area contributed by atoms with Crippen molar-refractivity contribution >= 4 is 5.91 Å². The van der Waals surface area contributed by atoms with E-state index >= 15 is 0 Å². The van der Waals surface area contributed by atoms with Gasteiger partial charge in [-0.3, -0.25) is 9.78 Å². The Morgan fingerprint density at radius 1 is 1.17 bits per heavy atom. The summed E-state index contributed by atoms with van der Waals surface area (Å²) in [5, 5.41) is 3.11. The predicted octanol–water partition coefficient (Wildman–Crippen LogP) is 3.59. The summed E-state index contributed by atoms with van der Waals surface area (Å²) in [6.45, 7) is 5.15. The summed E-state index contributed by atoms with van der Waals surface area (Å²) in [4.78, 5) is 19.5. The van der Waals surface area contributed by atoms with E-state index in [1.54, 1.807) is 13.3 Å². The summed E-state index contributed by atoms with van der Waals surface area (Å²) < 4.78 is 7.47. The van der Waals surface area contributed by atoms with Crippen LogP contribution in [0.4, 0.5) is 0 Å². The fraction of sp³-hybridized carbons (Fsp3) is 0.333. The maximum Gasteiger partial charge on any atom is 0.253 e. The summed E-state index contributed by atoms with van der Waals surface area (Å²) in [6.07, 6.45) is 1.79. The number of methoxy groups -OCH3 is 1. The number of carbonyl (C=O) groups excluding carboxylic acids is 1. The minimum Gasteiger partial charge on any atom is -0.497 e. The lowest BCUT2D eigenvalue weighted by Gasteiger charge is -2.25. The number of likely N-dealkylation sites (N-methyl/N-ethyl adjacent to an activating group) is 1. The second kappa shape index (κ2) is 9.59. The van der Waals surface area contributed by atoms with Gasteiger partial charge in [0.2, 0.25) is 0 Å². The van der Waals surface area contributed by atoms with Crippen LogP contribution in [0.3, 0.4) is 0 Å². The van der Waals surface area contributed by atoms with Crippen LogP contribution in [0, 0.1) is 13.8 Å². The van der Waals surface area contributed by atoms with Gasteiger partial charge >= 0.3 is 0 Å². The fourth-order valence-corrected chi connectivity index (χ4v) is 3.66. The van der Waals surface area contributed by atoms with Gasteiger partial charge in [-0.15, -0.1) is 0 Å². The highest BCUT2D eigenvalue weighted by atomic mass is 16.5. The molecule has 3 aromatic rings. The van der Waals surface area contributed by atoms with Crippen LogP contribution >= 0.6 is 0 Å². The van der Waals surface area contributed by atoms with Crippen LogP contribution in [0.1, 0.15) is 39.0 Å². The van der Waals surface area contributed by atoms with Gasteiger partial charge in [0.25, 0.3) is 5.91 Å². The average molecular weight is 407 g/mol. The third-order valence-corrected chi connectivity index (χ3v) is 5.42. The van der Waals surface area contributed by atoms with Crippen LogP contribution in [0.15, 0.2) is 54.7 Å². The summed E-state index contributed by atoms with van der Waals surface area (Å²) >= 11 is 0. The maximum absolute atomic E-state index is 13.0. The number of aryl methyl sites for hydroxylation is 1. The molecule has 1 aromatic carbocycles. The zero-order valence-electron chi connectivity index (χ0n) is 18.3. The first-order chi connectivity index (χ1) is 14.4. The molecular weight excluding hydrogens is 376 g/mol. The molecule has 6 heteroatoms. The molecule has 2 heterocycles. The van der Waals surface area contributed by atoms with Crippen molar-refractivity contribution in [2.45, 2.75) is 26.4 Å². The van der Waals surface area contributed by atoms with E-state index in [0.717, 1.165) is 28.4 Å². The molecule has 0 aliphatic carbocycles. The quantitative estimate of drug-likeness (QED) is 0.621. The summed E-state index contributed by atoms with van der Waals surface area (Å²) in [7, 11) is 5.68. The number of carbonyl (C=O) groups is 1. The zero-order valence-corrected chi connectivity index (χ0v) is 18.3. The number of hydrogen-bond acceptors (Lipinski definition) is 4. The SMILES string of the molecule is COc1cccc(C(CNC(=O)c2cc(C)n(Cc3ccccn3)c2C)N(C)C)c1. The van der Waals surface area contributed by atoms with E-state index < -0.39 is 0 Å². The Balaban J connectivity index is 1.74. The molecule has 0 saturated carbocycles. The van der Waals surface area contributed by atoms with E-state index in [0.29, 0.717) is 18.7 Å². The Bertz CT molecular complexity index is 996. The van der Waals surface area contributed by atoms with E-state index in [1.165, 1.54) is 0 Å². The van der Waals surface area contributed by atoms with Crippen molar-refractivity contribution in [3.63, 3.8) is 0 Å². The van der Waals surface area contributed by atoms with Crippen molar-refractivity contribution in [2.75, 3.05) is 27.7 Å². The van der Waals surface area contributed by atoms with Gasteiger partial charge in [0.1, 0.15) is 5.75 Å². The summed E-state index contributed by atoms with van der Waals surface area (Å²) in [6, 6.07) is 15.8. The van der Waals surface area contributed by atoms with Crippen LogP contribution in [-0.4, -0.2) is 48.1 Å². The number of aromatic nitrogens is 2. The highest BCUT2D eigenvalue weighted by molar-refractivity contribution is 5.95. The molecule has 0 aliphatic heterocycles. The number of pyridine rings is 1. The molecule has 30 heavy (non-hydrogen) atoms. The van der Waals surface area contributed by atoms with E-state index in [2.05, 4.69) is 25.8 Å². The molecule has 0 spiro atoms. The molecule has 0 fully saturated rings. The number of ether oxygens (including phenoxy) is 1. The lowest BCUT2D eigenvalue weighted by molar-refractivity contribution is 0.0941. The zero-order chi connectivity index (χ0) is 21.7. The highest BCUT2D eigenvalue weighted by Gasteiger charge is 2.20. The first-order valence-corrected chi connectivity index (χ1v) is 10.1. The van der Waals surface area contributed by atoms with Crippen molar-refractivity contribution < 1.29 is 9.53 Å². The van der Waals surface area contributed by atoms with Crippen molar-refractivity contribution in [3.8, 4) is 5.75 Å². The molecule has 1 atom stereocenters. The van der Waals surface area contributed by atoms with Crippen molar-refractivity contribution in [1.82, 2.24) is 19.8 Å². The van der Waals surface area contributed by atoms with Crippen LogP contribution in [0.5, 0.6) is 5.75 Å². The molecule has 2 aromatic heterocycles. The van der Waals surface area contributed by atoms with E-state index in [9.17, 15) is 4.79 Å². The van der Waals surface area contributed by atoms with Gasteiger partial charge in [0.05, 0.1) is 31.0 Å². The lowest BCUT2D eigenvalue weighted by Crippen LogP contribution is -2.34. The first-order valence-electron chi connectivity index (χ1n) is 10.1. The van der Waals surface area contributed by atoms with Gasteiger partial charge in [0.15, 0.2) is 0 Å². The Labute approximate surface area is 178 Å². The number of hydrogen-bond donors (Lipinski definition) is 1. The first kappa shape index (κ1) is 21.6. The number of rotatable bonds is 8. The topological polar surface area (TPSA) is 59.4 Å². The molecular formula is C24H30N4O2. The summed E-state index contributed by atoms with van der Waals surface area (Å²) in [5.74, 6) is 0.744. The van der Waals surface area contributed by atoms with Gasteiger partial charge in [-0.2, -0.15) is 0 Å². The molecule has 1 unspecified atom stereocenters. The van der Waals surface area contributed by atoms with Crippen LogP contribution in [0.2, 0.25) is 0 Å². The highest BCUT2D eigenvalue weighted by Crippen LogP contribution is 2.23. The Morgan fingerprint density at radius 3 is 2.63 bits per heavy atom. The minimum atomic E-state index is -0.0647. The van der Waals surface area contributed by atoms with Crippen molar-refractivity contribution in [3.05, 3.63) is 82.9 Å². The molecule has 0 bridgehead atoms. The van der Waals surface area contributed by atoms with E-state index in [-0.39, 0.29) is 11.9 Å². The Morgan fingerprint density at radius 2 is 1.97 bits per heavy atom. The minimum absolute atomic E-state index is 0.0426. The number of benzene rings is 1. The fourth-order valence-electron chi connectivity index (χ4n) is 3.66.